The lowest BCUT2D eigenvalue weighted by Gasteiger charge is -2.08. The van der Waals surface area contributed by atoms with Gasteiger partial charge in [-0.05, 0) is 25.3 Å². The molecule has 2 nitrogen and oxygen atoms in total. The first-order valence-electron chi connectivity index (χ1n) is 6.13. The molecule has 2 aromatic rings. The molecule has 1 atom stereocenters. The lowest BCUT2D eigenvalue weighted by molar-refractivity contribution is -0.137. The predicted octanol–water partition coefficient (Wildman–Crippen LogP) is 4.14. The Morgan fingerprint density at radius 3 is 2.70 bits per heavy atom. The van der Waals surface area contributed by atoms with Crippen LogP contribution in [0.3, 0.4) is 0 Å². The summed E-state index contributed by atoms with van der Waals surface area (Å²) in [6.07, 6.45) is -3.26. The van der Waals surface area contributed by atoms with Gasteiger partial charge in [-0.15, -0.1) is 11.3 Å². The molecule has 6 heteroatoms. The van der Waals surface area contributed by atoms with Gasteiger partial charge in [0.05, 0.1) is 11.0 Å². The zero-order valence-corrected chi connectivity index (χ0v) is 11.6. The molecule has 0 radical (unpaired) electrons. The molecule has 0 saturated heterocycles. The Hall–Kier alpha value is -1.40. The van der Waals surface area contributed by atoms with Crippen molar-refractivity contribution in [3.8, 4) is 0 Å². The van der Waals surface area contributed by atoms with E-state index in [2.05, 4.69) is 4.98 Å². The highest BCUT2D eigenvalue weighted by Crippen LogP contribution is 2.35. The van der Waals surface area contributed by atoms with Crippen molar-refractivity contribution in [3.05, 3.63) is 51.5 Å². The summed E-state index contributed by atoms with van der Waals surface area (Å²) in [6, 6.07) is 7.83. The van der Waals surface area contributed by atoms with Crippen LogP contribution in [0.25, 0.3) is 0 Å². The number of nitrogens with zero attached hydrogens (tertiary/aromatic N) is 1. The van der Waals surface area contributed by atoms with E-state index in [1.807, 2.05) is 31.2 Å². The van der Waals surface area contributed by atoms with Crippen molar-refractivity contribution in [2.24, 2.45) is 0 Å². The number of aryl methyl sites for hydroxylation is 2. The van der Waals surface area contributed by atoms with E-state index in [0.29, 0.717) is 24.2 Å². The van der Waals surface area contributed by atoms with Crippen LogP contribution in [-0.2, 0) is 12.6 Å². The van der Waals surface area contributed by atoms with E-state index in [4.69, 9.17) is 0 Å². The molecule has 2 rings (SSSR count). The van der Waals surface area contributed by atoms with Gasteiger partial charge in [0.15, 0.2) is 5.01 Å². The van der Waals surface area contributed by atoms with E-state index in [9.17, 15) is 18.3 Å². The molecule has 0 amide bonds. The van der Waals surface area contributed by atoms with Crippen LogP contribution in [-0.4, -0.2) is 10.1 Å². The van der Waals surface area contributed by atoms with Crippen molar-refractivity contribution in [3.63, 3.8) is 0 Å². The highest BCUT2D eigenvalue weighted by molar-refractivity contribution is 7.11. The maximum atomic E-state index is 12.4. The molecule has 0 fully saturated rings. The Labute approximate surface area is 118 Å². The maximum absolute atomic E-state index is 12.4. The minimum atomic E-state index is -4.45. The van der Waals surface area contributed by atoms with Crippen molar-refractivity contribution >= 4 is 11.3 Å². The second-order valence-corrected chi connectivity index (χ2v) is 5.67. The Morgan fingerprint density at radius 2 is 2.10 bits per heavy atom. The zero-order valence-electron chi connectivity index (χ0n) is 10.8. The molecule has 1 heterocycles. The van der Waals surface area contributed by atoms with Gasteiger partial charge < -0.3 is 5.11 Å². The predicted molar refractivity (Wildman–Crippen MR) is 71.6 cm³/mol. The Balaban J connectivity index is 1.98. The molecule has 1 aromatic carbocycles. The summed E-state index contributed by atoms with van der Waals surface area (Å²) in [6.45, 7) is 1.97. The molecule has 0 aliphatic carbocycles. The SMILES string of the molecule is Cc1cccc(CCC(O)c2cnc(C(F)(F)F)s2)c1. The van der Waals surface area contributed by atoms with E-state index >= 15 is 0 Å². The molecular weight excluding hydrogens is 287 g/mol. The lowest BCUT2D eigenvalue weighted by Crippen LogP contribution is -2.03. The monoisotopic (exact) mass is 301 g/mol. The highest BCUT2D eigenvalue weighted by atomic mass is 32.1. The Morgan fingerprint density at radius 1 is 1.35 bits per heavy atom. The fraction of sp³-hybridized carbons (Fsp3) is 0.357. The molecule has 0 bridgehead atoms. The van der Waals surface area contributed by atoms with Crippen LogP contribution >= 0.6 is 11.3 Å². The van der Waals surface area contributed by atoms with Gasteiger partial charge in [-0.25, -0.2) is 4.98 Å². The van der Waals surface area contributed by atoms with Gasteiger partial charge in [-0.1, -0.05) is 29.8 Å². The average molecular weight is 301 g/mol. The van der Waals surface area contributed by atoms with Gasteiger partial charge in [0.1, 0.15) is 0 Å². The van der Waals surface area contributed by atoms with Crippen LogP contribution in [0.2, 0.25) is 0 Å². The van der Waals surface area contributed by atoms with Gasteiger partial charge in [-0.2, -0.15) is 13.2 Å². The van der Waals surface area contributed by atoms with Crippen LogP contribution in [0.5, 0.6) is 0 Å². The van der Waals surface area contributed by atoms with Gasteiger partial charge in [0.2, 0.25) is 0 Å². The number of alkyl halides is 3. The lowest BCUT2D eigenvalue weighted by atomic mass is 10.0. The second kappa shape index (κ2) is 5.93. The molecule has 0 aliphatic rings. The zero-order chi connectivity index (χ0) is 14.8. The first-order chi connectivity index (χ1) is 9.36. The smallest absolute Gasteiger partial charge is 0.388 e. The van der Waals surface area contributed by atoms with E-state index in [0.717, 1.165) is 17.3 Å². The number of aromatic nitrogens is 1. The van der Waals surface area contributed by atoms with E-state index < -0.39 is 17.3 Å². The number of hydrogen-bond acceptors (Lipinski definition) is 3. The van der Waals surface area contributed by atoms with Crippen LogP contribution in [0.4, 0.5) is 13.2 Å². The molecule has 1 N–H and O–H groups in total. The van der Waals surface area contributed by atoms with Gasteiger partial charge in [-0.3, -0.25) is 0 Å². The molecule has 0 aliphatic heterocycles. The summed E-state index contributed by atoms with van der Waals surface area (Å²) in [5.74, 6) is 0. The standard InChI is InChI=1S/C14H14F3NOS/c1-9-3-2-4-10(7-9)5-6-11(19)12-8-18-13(20-12)14(15,16)17/h2-4,7-8,11,19H,5-6H2,1H3. The first kappa shape index (κ1) is 15.0. The third-order valence-electron chi connectivity index (χ3n) is 2.88. The summed E-state index contributed by atoms with van der Waals surface area (Å²) >= 11 is 0.500. The van der Waals surface area contributed by atoms with Gasteiger partial charge in [0, 0.05) is 6.20 Å². The minimum Gasteiger partial charge on any atom is -0.388 e. The minimum absolute atomic E-state index is 0.255. The highest BCUT2D eigenvalue weighted by Gasteiger charge is 2.35. The van der Waals surface area contributed by atoms with Crippen LogP contribution < -0.4 is 0 Å². The largest absolute Gasteiger partial charge is 0.443 e. The maximum Gasteiger partial charge on any atom is 0.443 e. The quantitative estimate of drug-likeness (QED) is 0.921. The third kappa shape index (κ3) is 3.80. The topological polar surface area (TPSA) is 33.1 Å². The summed E-state index contributed by atoms with van der Waals surface area (Å²) in [4.78, 5) is 3.57. The molecule has 1 aromatic heterocycles. The summed E-state index contributed by atoms with van der Waals surface area (Å²) < 4.78 is 37.3. The van der Waals surface area contributed by atoms with Crippen molar-refractivity contribution < 1.29 is 18.3 Å². The fourth-order valence-corrected chi connectivity index (χ4v) is 2.69. The number of benzene rings is 1. The Bertz CT molecular complexity index is 580. The summed E-state index contributed by atoms with van der Waals surface area (Å²) in [5.41, 5.74) is 2.18. The normalized spacial score (nSPS) is 13.4. The number of halogens is 3. The van der Waals surface area contributed by atoms with E-state index in [1.54, 1.807) is 0 Å². The van der Waals surface area contributed by atoms with Crippen LogP contribution in [0.15, 0.2) is 30.5 Å². The van der Waals surface area contributed by atoms with Crippen molar-refractivity contribution in [1.29, 1.82) is 0 Å². The number of hydrogen-bond donors (Lipinski definition) is 1. The number of thiazole rings is 1. The Kier molecular flexibility index (Phi) is 4.45. The van der Waals surface area contributed by atoms with Crippen molar-refractivity contribution in [1.82, 2.24) is 4.98 Å². The third-order valence-corrected chi connectivity index (χ3v) is 4.03. The van der Waals surface area contributed by atoms with Gasteiger partial charge in [0.25, 0.3) is 0 Å². The van der Waals surface area contributed by atoms with Crippen LogP contribution in [0.1, 0.15) is 33.5 Å². The molecule has 20 heavy (non-hydrogen) atoms. The molecule has 1 unspecified atom stereocenters. The van der Waals surface area contributed by atoms with Gasteiger partial charge >= 0.3 is 6.18 Å². The molecule has 0 spiro atoms. The first-order valence-corrected chi connectivity index (χ1v) is 6.94. The summed E-state index contributed by atoms with van der Waals surface area (Å²) in [5, 5.41) is 9.02. The average Bonchev–Trinajstić information content (AvgIpc) is 2.85. The molecule has 108 valence electrons. The number of rotatable bonds is 4. The molecule has 0 saturated carbocycles. The van der Waals surface area contributed by atoms with E-state index in [1.165, 1.54) is 0 Å². The van der Waals surface area contributed by atoms with E-state index in [-0.39, 0.29) is 4.88 Å². The van der Waals surface area contributed by atoms with Crippen molar-refractivity contribution in [2.45, 2.75) is 32.0 Å². The number of aliphatic hydroxyl groups is 1. The second-order valence-electron chi connectivity index (χ2n) is 4.61. The fourth-order valence-electron chi connectivity index (χ4n) is 1.88. The van der Waals surface area contributed by atoms with Crippen LogP contribution in [0, 0.1) is 6.92 Å². The summed E-state index contributed by atoms with van der Waals surface area (Å²) in [7, 11) is 0. The van der Waals surface area contributed by atoms with Crippen molar-refractivity contribution in [2.75, 3.05) is 0 Å². The number of aliphatic hydroxyl groups excluding tert-OH is 1. The molecular formula is C14H14F3NOS.